The number of rotatable bonds is 5. The summed E-state index contributed by atoms with van der Waals surface area (Å²) in [7, 11) is 1.53. The molecular formula is C39H44N4O9. The first-order valence-corrected chi connectivity index (χ1v) is 15.6. The molecule has 6 rings (SSSR count). The molecule has 0 N–H and O–H groups in total. The molecular weight excluding hydrogens is 668 g/mol. The van der Waals surface area contributed by atoms with Gasteiger partial charge in [0, 0.05) is 37.4 Å². The van der Waals surface area contributed by atoms with Gasteiger partial charge in [0.1, 0.15) is 17.4 Å². The Kier molecular flexibility index (Phi) is 14.4. The van der Waals surface area contributed by atoms with Gasteiger partial charge in [0.2, 0.25) is 0 Å². The highest BCUT2D eigenvalue weighted by Crippen LogP contribution is 2.37. The maximum Gasteiger partial charge on any atom is 0.373 e. The first-order valence-electron chi connectivity index (χ1n) is 15.6. The topological polar surface area (TPSA) is 170 Å². The molecule has 2 heterocycles. The summed E-state index contributed by atoms with van der Waals surface area (Å²) in [6.07, 6.45) is 1.12. The third kappa shape index (κ3) is 8.45. The Bertz CT molecular complexity index is 2020. The molecule has 0 saturated heterocycles. The lowest BCUT2D eigenvalue weighted by molar-refractivity contribution is -0.385. The number of nitrogens with zero attached hydrogens (tertiary/aromatic N) is 4. The van der Waals surface area contributed by atoms with Crippen molar-refractivity contribution in [2.45, 2.75) is 74.6 Å². The smallest absolute Gasteiger partial charge is 0.361 e. The minimum absolute atomic E-state index is 0. The van der Waals surface area contributed by atoms with Crippen molar-refractivity contribution in [1.82, 2.24) is 0 Å². The monoisotopic (exact) mass is 712 g/mol. The molecule has 2 amide bonds. The fraction of sp³-hybridized carbons (Fsp3) is 0.308. The molecule has 52 heavy (non-hydrogen) atoms. The van der Waals surface area contributed by atoms with Crippen LogP contribution in [0.25, 0.3) is 0 Å². The molecule has 2 aliphatic rings. The van der Waals surface area contributed by atoms with Crippen LogP contribution in [0.4, 0.5) is 22.7 Å². The zero-order valence-corrected chi connectivity index (χ0v) is 28.5. The Morgan fingerprint density at radius 1 is 0.692 bits per heavy atom. The maximum atomic E-state index is 13.1. The Morgan fingerprint density at radius 3 is 1.48 bits per heavy atom. The van der Waals surface area contributed by atoms with Crippen LogP contribution in [0.3, 0.4) is 0 Å². The number of anilines is 2. The van der Waals surface area contributed by atoms with E-state index in [0.29, 0.717) is 6.42 Å². The Labute approximate surface area is 303 Å². The fourth-order valence-corrected chi connectivity index (χ4v) is 6.16. The minimum Gasteiger partial charge on any atom is -0.361 e. The first-order chi connectivity index (χ1) is 23.7. The molecule has 0 unspecified atom stereocenters. The van der Waals surface area contributed by atoms with Gasteiger partial charge in [0.05, 0.1) is 15.5 Å². The lowest BCUT2D eigenvalue weighted by atomic mass is 10.0. The number of nitro benzene ring substituents is 2. The number of ether oxygens (including phenoxy) is 1. The summed E-state index contributed by atoms with van der Waals surface area (Å²) in [5.41, 5.74) is 6.90. The van der Waals surface area contributed by atoms with E-state index in [1.54, 1.807) is 24.0 Å². The summed E-state index contributed by atoms with van der Waals surface area (Å²) >= 11 is 0. The average molecular weight is 713 g/mol. The van der Waals surface area contributed by atoms with E-state index in [2.05, 4.69) is 0 Å². The SMILES string of the molecule is C.C.CO[C@@H]1Cc2ccccc2N1C(=O)c1cc(C)c(C)cc1[N+](=O)[O-].Cc1cc(C(=O)N2c3ccccc3C[C@H]2C)c([N+](=O)[O-])cc1C.O=C=O. The molecule has 0 aliphatic carbocycles. The predicted molar refractivity (Wildman–Crippen MR) is 198 cm³/mol. The zero-order valence-electron chi connectivity index (χ0n) is 28.5. The van der Waals surface area contributed by atoms with Crippen molar-refractivity contribution in [2.24, 2.45) is 0 Å². The number of hydrogen-bond acceptors (Lipinski definition) is 9. The number of carbonyl (C=O) groups excluding carboxylic acids is 4. The molecule has 4 aromatic rings. The number of carbonyl (C=O) groups is 2. The number of nitro groups is 2. The van der Waals surface area contributed by atoms with Crippen LogP contribution in [0.15, 0.2) is 72.8 Å². The van der Waals surface area contributed by atoms with E-state index < -0.39 is 22.0 Å². The third-order valence-electron chi connectivity index (χ3n) is 8.93. The predicted octanol–water partition coefficient (Wildman–Crippen LogP) is 7.88. The van der Waals surface area contributed by atoms with Crippen LogP contribution in [0.5, 0.6) is 0 Å². The largest absolute Gasteiger partial charge is 0.373 e. The molecule has 13 heteroatoms. The number of hydrogen-bond donors (Lipinski definition) is 0. The quantitative estimate of drug-likeness (QED) is 0.147. The van der Waals surface area contributed by atoms with E-state index in [1.807, 2.05) is 76.2 Å². The van der Waals surface area contributed by atoms with Crippen LogP contribution in [-0.4, -0.2) is 47.2 Å². The van der Waals surface area contributed by atoms with Gasteiger partial charge in [-0.05, 0) is 98.7 Å². The molecule has 274 valence electrons. The standard InChI is InChI=1S/C18H18N2O4.C18H18N2O3.CO2.2CH4/c1-11-8-14(16(20(22)23)9-12(11)2)18(21)19-15-7-5-4-6-13(15)10-17(19)24-3;1-11-8-15(17(20(22)23)9-12(11)2)18(21)19-13(3)10-14-6-4-5-7-16(14)19;2-1-3;;/h4-9,17H,10H2,1-3H3;4-9,13H,10H2,1-3H3;;2*1H4/t17-;13-;;;/m11.../s1. The third-order valence-corrected chi connectivity index (χ3v) is 8.93. The van der Waals surface area contributed by atoms with Crippen LogP contribution in [0.2, 0.25) is 0 Å². The second-order valence-corrected chi connectivity index (χ2v) is 12.1. The van der Waals surface area contributed by atoms with E-state index in [4.69, 9.17) is 14.3 Å². The van der Waals surface area contributed by atoms with Crippen molar-refractivity contribution >= 4 is 40.7 Å². The Balaban J connectivity index is 0.000000324. The molecule has 0 spiro atoms. The number of amides is 2. The molecule has 13 nitrogen and oxygen atoms in total. The zero-order chi connectivity index (χ0) is 36.9. The number of fused-ring (bicyclic) bond motifs is 2. The lowest BCUT2D eigenvalue weighted by Crippen LogP contribution is -2.39. The highest BCUT2D eigenvalue weighted by Gasteiger charge is 2.37. The second-order valence-electron chi connectivity index (χ2n) is 12.1. The summed E-state index contributed by atoms with van der Waals surface area (Å²) < 4.78 is 5.44. The van der Waals surface area contributed by atoms with Crippen LogP contribution in [0, 0.1) is 47.9 Å². The molecule has 2 atom stereocenters. The van der Waals surface area contributed by atoms with Crippen molar-refractivity contribution < 1.29 is 33.8 Å². The van der Waals surface area contributed by atoms with Crippen LogP contribution < -0.4 is 9.80 Å². The first kappa shape index (κ1) is 42.1. The highest BCUT2D eigenvalue weighted by molar-refractivity contribution is 6.11. The molecule has 0 aromatic heterocycles. The van der Waals surface area contributed by atoms with Gasteiger partial charge in [-0.15, -0.1) is 0 Å². The van der Waals surface area contributed by atoms with Gasteiger partial charge in [0.25, 0.3) is 23.2 Å². The number of para-hydroxylation sites is 2. The van der Waals surface area contributed by atoms with Gasteiger partial charge in [-0.25, -0.2) is 0 Å². The normalized spacial score (nSPS) is 14.8. The van der Waals surface area contributed by atoms with Crippen LogP contribution >= 0.6 is 0 Å². The molecule has 0 radical (unpaired) electrons. The average Bonchev–Trinajstić information content (AvgIpc) is 3.63. The van der Waals surface area contributed by atoms with E-state index in [1.165, 1.54) is 24.1 Å². The second kappa shape index (κ2) is 17.8. The number of benzene rings is 4. The summed E-state index contributed by atoms with van der Waals surface area (Å²) in [5.74, 6) is -0.723. The van der Waals surface area contributed by atoms with E-state index >= 15 is 0 Å². The summed E-state index contributed by atoms with van der Waals surface area (Å²) in [6.45, 7) is 9.26. The maximum absolute atomic E-state index is 13.1. The van der Waals surface area contributed by atoms with Gasteiger partial charge in [-0.2, -0.15) is 9.59 Å². The van der Waals surface area contributed by atoms with Gasteiger partial charge >= 0.3 is 6.15 Å². The molecule has 0 saturated carbocycles. The minimum atomic E-state index is -0.510. The van der Waals surface area contributed by atoms with Gasteiger partial charge < -0.3 is 9.64 Å². The van der Waals surface area contributed by atoms with Crippen LogP contribution in [-0.2, 0) is 27.2 Å². The Hall–Kier alpha value is -6.04. The van der Waals surface area contributed by atoms with E-state index in [9.17, 15) is 29.8 Å². The van der Waals surface area contributed by atoms with E-state index in [-0.39, 0.29) is 55.5 Å². The summed E-state index contributed by atoms with van der Waals surface area (Å²) in [5, 5.41) is 22.8. The van der Waals surface area contributed by atoms with Crippen molar-refractivity contribution in [3.8, 4) is 0 Å². The summed E-state index contributed by atoms with van der Waals surface area (Å²) in [6, 6.07) is 21.4. The van der Waals surface area contributed by atoms with E-state index in [0.717, 1.165) is 51.2 Å². The lowest BCUT2D eigenvalue weighted by Gasteiger charge is -2.24. The molecule has 0 bridgehead atoms. The number of aryl methyl sites for hydroxylation is 4. The van der Waals surface area contributed by atoms with Crippen molar-refractivity contribution in [3.05, 3.63) is 138 Å². The van der Waals surface area contributed by atoms with Crippen molar-refractivity contribution in [2.75, 3.05) is 16.9 Å². The molecule has 2 aliphatic heterocycles. The summed E-state index contributed by atoms with van der Waals surface area (Å²) in [4.78, 5) is 67.4. The van der Waals surface area contributed by atoms with Gasteiger partial charge in [-0.1, -0.05) is 51.3 Å². The molecule has 4 aromatic carbocycles. The highest BCUT2D eigenvalue weighted by atomic mass is 16.6. The van der Waals surface area contributed by atoms with Gasteiger partial charge in [0.15, 0.2) is 0 Å². The van der Waals surface area contributed by atoms with Crippen molar-refractivity contribution in [3.63, 3.8) is 0 Å². The van der Waals surface area contributed by atoms with Gasteiger partial charge in [-0.3, -0.25) is 34.7 Å². The number of methoxy groups -OCH3 is 1. The molecule has 0 fully saturated rings. The van der Waals surface area contributed by atoms with Crippen LogP contribution in [0.1, 0.15) is 75.9 Å². The van der Waals surface area contributed by atoms with Crippen molar-refractivity contribution in [1.29, 1.82) is 0 Å². The Morgan fingerprint density at radius 2 is 1.06 bits per heavy atom. The fourth-order valence-electron chi connectivity index (χ4n) is 6.16.